The summed E-state index contributed by atoms with van der Waals surface area (Å²) in [4.78, 5) is 18.7. The zero-order valence-electron chi connectivity index (χ0n) is 12.7. The zero-order chi connectivity index (χ0) is 15.1. The molecule has 0 bridgehead atoms. The first-order chi connectivity index (χ1) is 10.7. The zero-order valence-corrected chi connectivity index (χ0v) is 13.6. The number of ether oxygens (including phenoxy) is 1. The molecule has 2 heterocycles. The van der Waals surface area contributed by atoms with E-state index in [1.54, 1.807) is 11.3 Å². The number of aryl methyl sites for hydroxylation is 1. The number of hydrogen-bond donors (Lipinski definition) is 0. The van der Waals surface area contributed by atoms with Gasteiger partial charge in [0.15, 0.2) is 0 Å². The Hall–Kier alpha value is -1.62. The molecular formula is C17H20N2O2S. The number of nitrogens with zero attached hydrogens (tertiary/aromatic N) is 2. The van der Waals surface area contributed by atoms with Crippen LogP contribution in [0.2, 0.25) is 0 Å². The summed E-state index contributed by atoms with van der Waals surface area (Å²) in [5.41, 5.74) is 2.23. The Morgan fingerprint density at radius 3 is 2.73 bits per heavy atom. The molecule has 2 aliphatic rings. The van der Waals surface area contributed by atoms with Gasteiger partial charge in [-0.3, -0.25) is 4.79 Å². The van der Waals surface area contributed by atoms with Crippen molar-refractivity contribution < 1.29 is 9.53 Å². The number of rotatable bonds is 3. The molecule has 1 aromatic carbocycles. The Labute approximate surface area is 134 Å². The number of hydrogen-bond acceptors (Lipinski definition) is 4. The van der Waals surface area contributed by atoms with Gasteiger partial charge < -0.3 is 9.64 Å². The highest BCUT2D eigenvalue weighted by atomic mass is 32.1. The molecule has 5 heteroatoms. The van der Waals surface area contributed by atoms with Crippen LogP contribution in [0.25, 0.3) is 10.2 Å². The molecule has 0 spiro atoms. The normalized spacial score (nSPS) is 19.6. The quantitative estimate of drug-likeness (QED) is 0.872. The van der Waals surface area contributed by atoms with E-state index in [9.17, 15) is 4.79 Å². The highest BCUT2D eigenvalue weighted by Gasteiger charge is 2.35. The molecule has 1 saturated carbocycles. The van der Waals surface area contributed by atoms with Gasteiger partial charge in [-0.1, -0.05) is 23.5 Å². The number of carbonyl (C=O) groups is 1. The van der Waals surface area contributed by atoms with Crippen molar-refractivity contribution in [2.24, 2.45) is 5.92 Å². The Bertz CT molecular complexity index is 700. The number of thiazole rings is 1. The van der Waals surface area contributed by atoms with Crippen LogP contribution in [0.1, 0.15) is 31.2 Å². The largest absolute Gasteiger partial charge is 0.467 e. The second-order valence-electron chi connectivity index (χ2n) is 6.32. The lowest BCUT2D eigenvalue weighted by Gasteiger charge is -2.31. The Morgan fingerprint density at radius 1 is 1.27 bits per heavy atom. The highest BCUT2D eigenvalue weighted by molar-refractivity contribution is 7.20. The number of likely N-dealkylation sites (tertiary alicyclic amines) is 1. The van der Waals surface area contributed by atoms with E-state index in [0.717, 1.165) is 49.5 Å². The first-order valence-electron chi connectivity index (χ1n) is 8.02. The van der Waals surface area contributed by atoms with Gasteiger partial charge >= 0.3 is 0 Å². The fraction of sp³-hybridized carbons (Fsp3) is 0.529. The minimum Gasteiger partial charge on any atom is -0.467 e. The molecule has 0 atom stereocenters. The van der Waals surface area contributed by atoms with E-state index in [1.165, 1.54) is 10.3 Å². The van der Waals surface area contributed by atoms with Gasteiger partial charge in [0, 0.05) is 31.8 Å². The van der Waals surface area contributed by atoms with Gasteiger partial charge in [-0.25, -0.2) is 4.98 Å². The maximum atomic E-state index is 12.1. The molecule has 0 radical (unpaired) electrons. The van der Waals surface area contributed by atoms with Crippen molar-refractivity contribution in [1.82, 2.24) is 9.88 Å². The van der Waals surface area contributed by atoms with E-state index in [-0.39, 0.29) is 6.10 Å². The van der Waals surface area contributed by atoms with Crippen molar-refractivity contribution >= 4 is 27.5 Å². The lowest BCUT2D eigenvalue weighted by molar-refractivity contribution is -0.134. The van der Waals surface area contributed by atoms with Crippen molar-refractivity contribution in [2.75, 3.05) is 13.1 Å². The maximum absolute atomic E-state index is 12.1. The van der Waals surface area contributed by atoms with Crippen molar-refractivity contribution in [2.45, 2.75) is 38.7 Å². The number of para-hydroxylation sites is 1. The maximum Gasteiger partial charge on any atom is 0.274 e. The summed E-state index contributed by atoms with van der Waals surface area (Å²) >= 11 is 1.61. The van der Waals surface area contributed by atoms with Crippen LogP contribution in [0.15, 0.2) is 18.2 Å². The van der Waals surface area contributed by atoms with Gasteiger partial charge in [-0.2, -0.15) is 0 Å². The average Bonchev–Trinajstić information content (AvgIpc) is 3.29. The summed E-state index contributed by atoms with van der Waals surface area (Å²) < 4.78 is 7.25. The van der Waals surface area contributed by atoms with Gasteiger partial charge in [-0.15, -0.1) is 0 Å². The summed E-state index contributed by atoms with van der Waals surface area (Å²) in [6.07, 6.45) is 4.17. The summed E-state index contributed by atoms with van der Waals surface area (Å²) in [5, 5.41) is 0.760. The molecule has 4 rings (SSSR count). The fourth-order valence-corrected chi connectivity index (χ4v) is 4.00. The molecule has 1 amide bonds. The molecule has 0 N–H and O–H groups in total. The molecule has 1 aliphatic carbocycles. The predicted molar refractivity (Wildman–Crippen MR) is 87.3 cm³/mol. The Kier molecular flexibility index (Phi) is 3.53. The van der Waals surface area contributed by atoms with E-state index >= 15 is 0 Å². The van der Waals surface area contributed by atoms with Gasteiger partial charge in [0.2, 0.25) is 5.91 Å². The number of amides is 1. The number of fused-ring (bicyclic) bond motifs is 1. The van der Waals surface area contributed by atoms with Crippen molar-refractivity contribution in [3.8, 4) is 5.19 Å². The number of benzene rings is 1. The van der Waals surface area contributed by atoms with E-state index in [2.05, 4.69) is 30.1 Å². The van der Waals surface area contributed by atoms with E-state index < -0.39 is 0 Å². The van der Waals surface area contributed by atoms with Gasteiger partial charge in [0.25, 0.3) is 5.19 Å². The molecule has 1 saturated heterocycles. The second-order valence-corrected chi connectivity index (χ2v) is 7.31. The molecular weight excluding hydrogens is 296 g/mol. The summed E-state index contributed by atoms with van der Waals surface area (Å²) in [6, 6.07) is 6.22. The topological polar surface area (TPSA) is 42.4 Å². The Morgan fingerprint density at radius 2 is 2.05 bits per heavy atom. The summed E-state index contributed by atoms with van der Waals surface area (Å²) in [5.74, 6) is 0.679. The molecule has 1 aromatic heterocycles. The van der Waals surface area contributed by atoms with Crippen LogP contribution in [0, 0.1) is 12.8 Å². The highest BCUT2D eigenvalue weighted by Crippen LogP contribution is 2.33. The number of piperidine rings is 1. The predicted octanol–water partition coefficient (Wildman–Crippen LogP) is 3.38. The van der Waals surface area contributed by atoms with Gasteiger partial charge in [0.1, 0.15) is 6.10 Å². The van der Waals surface area contributed by atoms with Crippen LogP contribution >= 0.6 is 11.3 Å². The minimum absolute atomic E-state index is 0.184. The molecule has 1 aliphatic heterocycles. The second kappa shape index (κ2) is 5.54. The number of carbonyl (C=O) groups excluding carboxylic acids is 1. The molecule has 2 fully saturated rings. The molecule has 116 valence electrons. The molecule has 22 heavy (non-hydrogen) atoms. The third-order valence-electron chi connectivity index (χ3n) is 4.55. The van der Waals surface area contributed by atoms with Gasteiger partial charge in [-0.05, 0) is 31.4 Å². The van der Waals surface area contributed by atoms with Crippen LogP contribution in [-0.2, 0) is 4.79 Å². The van der Waals surface area contributed by atoms with Crippen molar-refractivity contribution in [3.05, 3.63) is 23.8 Å². The SMILES string of the molecule is Cc1cccc2sc(OC3CCN(C(=O)C4CC4)CC3)nc12. The van der Waals surface area contributed by atoms with Crippen molar-refractivity contribution in [1.29, 1.82) is 0 Å². The average molecular weight is 316 g/mol. The van der Waals surface area contributed by atoms with Crippen molar-refractivity contribution in [3.63, 3.8) is 0 Å². The van der Waals surface area contributed by atoms with E-state index in [1.807, 2.05) is 4.90 Å². The van der Waals surface area contributed by atoms with Crippen LogP contribution in [0.3, 0.4) is 0 Å². The van der Waals surface area contributed by atoms with Crippen LogP contribution in [0.5, 0.6) is 5.19 Å². The summed E-state index contributed by atoms with van der Waals surface area (Å²) in [7, 11) is 0. The third-order valence-corrected chi connectivity index (χ3v) is 5.46. The first kappa shape index (κ1) is 14.0. The van der Waals surface area contributed by atoms with E-state index in [4.69, 9.17) is 4.74 Å². The lowest BCUT2D eigenvalue weighted by Crippen LogP contribution is -2.42. The molecule has 2 aromatic rings. The fourth-order valence-electron chi connectivity index (χ4n) is 3.04. The monoisotopic (exact) mass is 316 g/mol. The number of aromatic nitrogens is 1. The lowest BCUT2D eigenvalue weighted by atomic mass is 10.1. The molecule has 0 unspecified atom stereocenters. The van der Waals surface area contributed by atoms with Crippen LogP contribution in [-0.4, -0.2) is 35.0 Å². The smallest absolute Gasteiger partial charge is 0.274 e. The minimum atomic E-state index is 0.184. The molecule has 4 nitrogen and oxygen atoms in total. The van der Waals surface area contributed by atoms with Crippen LogP contribution < -0.4 is 4.74 Å². The van der Waals surface area contributed by atoms with Gasteiger partial charge in [0.05, 0.1) is 10.2 Å². The van der Waals surface area contributed by atoms with E-state index in [0.29, 0.717) is 11.8 Å². The van der Waals surface area contributed by atoms with Crippen LogP contribution in [0.4, 0.5) is 0 Å². The third kappa shape index (κ3) is 2.70. The first-order valence-corrected chi connectivity index (χ1v) is 8.84. The summed E-state index contributed by atoms with van der Waals surface area (Å²) in [6.45, 7) is 3.72. The standard InChI is InChI=1S/C17H20N2O2S/c1-11-3-2-4-14-15(11)18-17(22-14)21-13-7-9-19(10-8-13)16(20)12-5-6-12/h2-4,12-13H,5-10H2,1H3. The Balaban J connectivity index is 1.39.